The number of ether oxygens (including phenoxy) is 2. The standard InChI is InChI=1S/C20H23NO4S2/c1-3-24-20(23)19-13(2)15-6-4-5-7-16(15)21-17(19)11-25-18(22)10-14-12-26-8-9-27-14/h4-7,14H,3,8-12H2,1-2H3/t14-/m0/s1. The average molecular weight is 406 g/mol. The third-order valence-electron chi connectivity index (χ3n) is 4.36. The molecule has 1 aliphatic rings. The van der Waals surface area contributed by atoms with Crippen molar-refractivity contribution in [3.8, 4) is 0 Å². The van der Waals surface area contributed by atoms with E-state index >= 15 is 0 Å². The number of hydrogen-bond acceptors (Lipinski definition) is 7. The van der Waals surface area contributed by atoms with E-state index in [0.29, 0.717) is 22.9 Å². The molecule has 0 bridgehead atoms. The summed E-state index contributed by atoms with van der Waals surface area (Å²) in [7, 11) is 0. The summed E-state index contributed by atoms with van der Waals surface area (Å²) >= 11 is 3.69. The zero-order valence-electron chi connectivity index (χ0n) is 15.5. The molecule has 2 heterocycles. The van der Waals surface area contributed by atoms with Crippen molar-refractivity contribution in [2.75, 3.05) is 23.9 Å². The number of aryl methyl sites for hydroxylation is 1. The van der Waals surface area contributed by atoms with E-state index in [1.165, 1.54) is 0 Å². The van der Waals surface area contributed by atoms with Crippen LogP contribution in [0.1, 0.15) is 35.0 Å². The molecule has 0 aliphatic carbocycles. The first-order valence-corrected chi connectivity index (χ1v) is 11.2. The van der Waals surface area contributed by atoms with E-state index in [0.717, 1.165) is 33.7 Å². The van der Waals surface area contributed by atoms with Gasteiger partial charge in [0.25, 0.3) is 0 Å². The van der Waals surface area contributed by atoms with E-state index in [-0.39, 0.29) is 19.2 Å². The first kappa shape index (κ1) is 20.0. The summed E-state index contributed by atoms with van der Waals surface area (Å²) < 4.78 is 10.7. The van der Waals surface area contributed by atoms with Gasteiger partial charge in [0.1, 0.15) is 6.61 Å². The lowest BCUT2D eigenvalue weighted by atomic mass is 10.0. The van der Waals surface area contributed by atoms with Crippen molar-refractivity contribution < 1.29 is 19.1 Å². The Morgan fingerprint density at radius 1 is 1.22 bits per heavy atom. The van der Waals surface area contributed by atoms with E-state index in [1.54, 1.807) is 6.92 Å². The number of esters is 2. The molecule has 1 aromatic heterocycles. The quantitative estimate of drug-likeness (QED) is 0.673. The summed E-state index contributed by atoms with van der Waals surface area (Å²) in [5.74, 6) is 2.50. The number of fused-ring (bicyclic) bond motifs is 1. The van der Waals surface area contributed by atoms with E-state index in [2.05, 4.69) is 4.98 Å². The molecule has 144 valence electrons. The molecule has 1 aromatic carbocycles. The van der Waals surface area contributed by atoms with Crippen LogP contribution < -0.4 is 0 Å². The van der Waals surface area contributed by atoms with Crippen LogP contribution in [-0.4, -0.2) is 46.0 Å². The Balaban J connectivity index is 1.80. The van der Waals surface area contributed by atoms with Gasteiger partial charge in [0.05, 0.1) is 29.8 Å². The first-order chi connectivity index (χ1) is 13.1. The van der Waals surface area contributed by atoms with Crippen LogP contribution in [0.4, 0.5) is 0 Å². The number of carbonyl (C=O) groups excluding carboxylic acids is 2. The zero-order valence-corrected chi connectivity index (χ0v) is 17.2. The van der Waals surface area contributed by atoms with E-state index in [9.17, 15) is 9.59 Å². The van der Waals surface area contributed by atoms with Gasteiger partial charge in [-0.05, 0) is 25.5 Å². The molecule has 1 aliphatic heterocycles. The number of carbonyl (C=O) groups is 2. The summed E-state index contributed by atoms with van der Waals surface area (Å²) in [5, 5.41) is 1.19. The van der Waals surface area contributed by atoms with Gasteiger partial charge in [-0.15, -0.1) is 0 Å². The van der Waals surface area contributed by atoms with Gasteiger partial charge in [0, 0.05) is 27.9 Å². The molecule has 7 heteroatoms. The normalized spacial score (nSPS) is 16.9. The van der Waals surface area contributed by atoms with Gasteiger partial charge in [0.15, 0.2) is 0 Å². The number of nitrogens with zero attached hydrogens (tertiary/aromatic N) is 1. The molecule has 1 fully saturated rings. The molecule has 27 heavy (non-hydrogen) atoms. The van der Waals surface area contributed by atoms with Crippen molar-refractivity contribution in [2.24, 2.45) is 0 Å². The van der Waals surface area contributed by atoms with Gasteiger partial charge in [0.2, 0.25) is 0 Å². The highest BCUT2D eigenvalue weighted by molar-refractivity contribution is 8.06. The minimum absolute atomic E-state index is 0.0246. The van der Waals surface area contributed by atoms with Crippen molar-refractivity contribution in [1.82, 2.24) is 4.98 Å². The van der Waals surface area contributed by atoms with Crippen LogP contribution in [-0.2, 0) is 20.9 Å². The maximum absolute atomic E-state index is 12.5. The average Bonchev–Trinajstić information content (AvgIpc) is 2.67. The molecule has 0 spiro atoms. The second kappa shape index (κ2) is 9.46. The van der Waals surface area contributed by atoms with Gasteiger partial charge in [-0.1, -0.05) is 18.2 Å². The highest BCUT2D eigenvalue weighted by Crippen LogP contribution is 2.27. The minimum atomic E-state index is -0.432. The minimum Gasteiger partial charge on any atom is -0.462 e. The Morgan fingerprint density at radius 2 is 2.04 bits per heavy atom. The summed E-state index contributed by atoms with van der Waals surface area (Å²) in [5.41, 5.74) is 2.41. The fraction of sp³-hybridized carbons (Fsp3) is 0.450. The molecular weight excluding hydrogens is 382 g/mol. The third kappa shape index (κ3) is 4.96. The van der Waals surface area contributed by atoms with Crippen LogP contribution in [0.2, 0.25) is 0 Å². The number of para-hydroxylation sites is 1. The molecule has 0 radical (unpaired) electrons. The van der Waals surface area contributed by atoms with E-state index < -0.39 is 5.97 Å². The Labute approximate surface area is 167 Å². The maximum Gasteiger partial charge on any atom is 0.340 e. The van der Waals surface area contributed by atoms with Gasteiger partial charge in [-0.3, -0.25) is 4.79 Å². The Morgan fingerprint density at radius 3 is 2.78 bits per heavy atom. The highest BCUT2D eigenvalue weighted by Gasteiger charge is 2.22. The van der Waals surface area contributed by atoms with Crippen LogP contribution >= 0.6 is 23.5 Å². The number of hydrogen-bond donors (Lipinski definition) is 0. The largest absolute Gasteiger partial charge is 0.462 e. The number of benzene rings is 1. The fourth-order valence-corrected chi connectivity index (χ4v) is 5.73. The Kier molecular flexibility index (Phi) is 7.01. The second-order valence-corrected chi connectivity index (χ2v) is 8.79. The summed E-state index contributed by atoms with van der Waals surface area (Å²) in [6.07, 6.45) is 0.388. The molecule has 2 aromatic rings. The lowest BCUT2D eigenvalue weighted by Crippen LogP contribution is -2.20. The predicted molar refractivity (Wildman–Crippen MR) is 110 cm³/mol. The third-order valence-corrected chi connectivity index (χ3v) is 7.20. The fourth-order valence-electron chi connectivity index (χ4n) is 3.07. The maximum atomic E-state index is 12.5. The number of aromatic nitrogens is 1. The highest BCUT2D eigenvalue weighted by atomic mass is 32.2. The van der Waals surface area contributed by atoms with Crippen molar-refractivity contribution in [2.45, 2.75) is 32.1 Å². The number of rotatable bonds is 6. The van der Waals surface area contributed by atoms with Gasteiger partial charge < -0.3 is 9.47 Å². The van der Waals surface area contributed by atoms with Crippen LogP contribution in [0.5, 0.6) is 0 Å². The van der Waals surface area contributed by atoms with Crippen LogP contribution in [0.3, 0.4) is 0 Å². The summed E-state index contributed by atoms with van der Waals surface area (Å²) in [4.78, 5) is 29.3. The molecule has 0 saturated carbocycles. The van der Waals surface area contributed by atoms with Gasteiger partial charge in [-0.25, -0.2) is 9.78 Å². The molecule has 0 N–H and O–H groups in total. The molecule has 1 saturated heterocycles. The monoisotopic (exact) mass is 405 g/mol. The molecule has 5 nitrogen and oxygen atoms in total. The Bertz CT molecular complexity index is 834. The second-order valence-electron chi connectivity index (χ2n) is 6.23. The number of pyridine rings is 1. The van der Waals surface area contributed by atoms with E-state index in [4.69, 9.17) is 9.47 Å². The van der Waals surface area contributed by atoms with Crippen molar-refractivity contribution in [3.05, 3.63) is 41.1 Å². The smallest absolute Gasteiger partial charge is 0.340 e. The summed E-state index contributed by atoms with van der Waals surface area (Å²) in [6, 6.07) is 7.62. The Hall–Kier alpha value is -1.73. The molecule has 0 amide bonds. The molecule has 1 atom stereocenters. The molecular formula is C20H23NO4S2. The lowest BCUT2D eigenvalue weighted by molar-refractivity contribution is -0.144. The van der Waals surface area contributed by atoms with Crippen LogP contribution in [0, 0.1) is 6.92 Å². The predicted octanol–water partition coefficient (Wildman–Crippen LogP) is 4.00. The zero-order chi connectivity index (χ0) is 19.2. The van der Waals surface area contributed by atoms with Crippen molar-refractivity contribution in [1.29, 1.82) is 0 Å². The van der Waals surface area contributed by atoms with Crippen LogP contribution in [0.15, 0.2) is 24.3 Å². The SMILES string of the molecule is CCOC(=O)c1c(COC(=O)C[C@H]2CSCCS2)nc2ccccc2c1C. The molecule has 0 unspecified atom stereocenters. The summed E-state index contributed by atoms with van der Waals surface area (Å²) in [6.45, 7) is 3.89. The number of thioether (sulfide) groups is 2. The van der Waals surface area contributed by atoms with Crippen molar-refractivity contribution in [3.63, 3.8) is 0 Å². The van der Waals surface area contributed by atoms with Crippen LogP contribution in [0.25, 0.3) is 10.9 Å². The molecule has 3 rings (SSSR count). The van der Waals surface area contributed by atoms with Crippen molar-refractivity contribution >= 4 is 46.4 Å². The topological polar surface area (TPSA) is 65.5 Å². The lowest BCUT2D eigenvalue weighted by Gasteiger charge is -2.20. The first-order valence-electron chi connectivity index (χ1n) is 9.00. The van der Waals surface area contributed by atoms with E-state index in [1.807, 2.05) is 54.7 Å². The van der Waals surface area contributed by atoms with Gasteiger partial charge >= 0.3 is 11.9 Å². The van der Waals surface area contributed by atoms with Gasteiger partial charge in [-0.2, -0.15) is 23.5 Å².